The van der Waals surface area contributed by atoms with Crippen molar-refractivity contribution in [2.24, 2.45) is 10.7 Å². The molecule has 0 saturated carbocycles. The molecule has 3 aromatic carbocycles. The molecule has 2 aromatic heterocycles. The van der Waals surface area contributed by atoms with Gasteiger partial charge in [-0.1, -0.05) is 81.5 Å². The van der Waals surface area contributed by atoms with Gasteiger partial charge in [-0.05, 0) is 67.1 Å². The smallest absolute Gasteiger partial charge is 0.0972 e. The highest BCUT2D eigenvalue weighted by molar-refractivity contribution is 6.04. The third kappa shape index (κ3) is 5.48. The zero-order valence-electron chi connectivity index (χ0n) is 24.9. The average Bonchev–Trinajstić information content (AvgIpc) is 2.98. The van der Waals surface area contributed by atoms with Crippen LogP contribution in [0.15, 0.2) is 96.5 Å². The number of allylic oxidation sites excluding steroid dienone is 1. The molecule has 5 aromatic rings. The van der Waals surface area contributed by atoms with Crippen LogP contribution in [0.3, 0.4) is 0 Å². The molecule has 0 aliphatic carbocycles. The number of aromatic nitrogens is 2. The van der Waals surface area contributed by atoms with Gasteiger partial charge in [-0.3, -0.25) is 4.99 Å². The van der Waals surface area contributed by atoms with Crippen LogP contribution in [0.5, 0.6) is 0 Å². The maximum absolute atomic E-state index is 6.40. The Kier molecular flexibility index (Phi) is 7.70. The van der Waals surface area contributed by atoms with Gasteiger partial charge in [-0.15, -0.1) is 6.58 Å². The molecule has 0 aliphatic heterocycles. The fourth-order valence-corrected chi connectivity index (χ4v) is 5.27. The number of nitrogens with zero attached hydrogens (tertiary/aromatic N) is 3. The average molecular weight is 539 g/mol. The zero-order valence-corrected chi connectivity index (χ0v) is 24.9. The van der Waals surface area contributed by atoms with Crippen LogP contribution in [0.2, 0.25) is 0 Å². The van der Waals surface area contributed by atoms with Gasteiger partial charge in [-0.25, -0.2) is 9.97 Å². The van der Waals surface area contributed by atoms with E-state index in [9.17, 15) is 0 Å². The van der Waals surface area contributed by atoms with E-state index in [1.807, 2.05) is 26.1 Å². The van der Waals surface area contributed by atoms with Gasteiger partial charge in [-0.2, -0.15) is 0 Å². The number of nitrogens with two attached hydrogens (primary N) is 1. The number of fused-ring (bicyclic) bond motifs is 3. The van der Waals surface area contributed by atoms with Gasteiger partial charge in [0.2, 0.25) is 0 Å². The molecule has 4 heteroatoms. The molecule has 1 unspecified atom stereocenters. The summed E-state index contributed by atoms with van der Waals surface area (Å²) < 4.78 is 0. The van der Waals surface area contributed by atoms with Crippen LogP contribution in [-0.4, -0.2) is 16.2 Å². The second kappa shape index (κ2) is 11.2. The molecule has 0 fully saturated rings. The molecule has 0 bridgehead atoms. The lowest BCUT2D eigenvalue weighted by Gasteiger charge is -2.22. The van der Waals surface area contributed by atoms with Gasteiger partial charge in [0, 0.05) is 39.7 Å². The van der Waals surface area contributed by atoms with E-state index in [1.165, 1.54) is 5.56 Å². The Morgan fingerprint density at radius 1 is 0.878 bits per heavy atom. The van der Waals surface area contributed by atoms with Crippen molar-refractivity contribution in [2.45, 2.75) is 53.0 Å². The Hall–Kier alpha value is -4.41. The lowest BCUT2D eigenvalue weighted by atomic mass is 9.83. The first-order valence-corrected chi connectivity index (χ1v) is 14.1. The van der Waals surface area contributed by atoms with E-state index in [-0.39, 0.29) is 11.5 Å². The van der Waals surface area contributed by atoms with Crippen molar-refractivity contribution in [1.29, 1.82) is 0 Å². The summed E-state index contributed by atoms with van der Waals surface area (Å²) in [5.74, 6) is 0. The Balaban J connectivity index is 1.70. The van der Waals surface area contributed by atoms with E-state index < -0.39 is 0 Å². The quantitative estimate of drug-likeness (QED) is 0.133. The van der Waals surface area contributed by atoms with Crippen LogP contribution in [0.25, 0.3) is 50.0 Å². The van der Waals surface area contributed by atoms with Crippen LogP contribution in [0.4, 0.5) is 0 Å². The van der Waals surface area contributed by atoms with Crippen molar-refractivity contribution >= 4 is 33.7 Å². The monoisotopic (exact) mass is 538 g/mol. The summed E-state index contributed by atoms with van der Waals surface area (Å²) in [6.07, 6.45) is 5.65. The second-order valence-electron chi connectivity index (χ2n) is 11.5. The van der Waals surface area contributed by atoms with Crippen molar-refractivity contribution in [3.05, 3.63) is 114 Å². The molecule has 0 amide bonds. The molecule has 0 spiro atoms. The van der Waals surface area contributed by atoms with Crippen LogP contribution >= 0.6 is 0 Å². The number of benzene rings is 3. The van der Waals surface area contributed by atoms with Crippen molar-refractivity contribution in [2.75, 3.05) is 0 Å². The number of hydrogen-bond acceptors (Lipinski definition) is 4. The summed E-state index contributed by atoms with van der Waals surface area (Å²) in [6.45, 7) is 16.7. The summed E-state index contributed by atoms with van der Waals surface area (Å²) in [4.78, 5) is 15.0. The molecule has 4 nitrogen and oxygen atoms in total. The Morgan fingerprint density at radius 3 is 2.12 bits per heavy atom. The van der Waals surface area contributed by atoms with E-state index in [0.717, 1.165) is 66.7 Å². The molecule has 206 valence electrons. The highest BCUT2D eigenvalue weighted by atomic mass is 14.8. The number of rotatable bonds is 6. The summed E-state index contributed by atoms with van der Waals surface area (Å²) >= 11 is 0. The fourth-order valence-electron chi connectivity index (χ4n) is 5.27. The highest BCUT2D eigenvalue weighted by Gasteiger charge is 2.18. The molecular formula is C37H38N4. The molecule has 0 aliphatic rings. The first-order valence-electron chi connectivity index (χ1n) is 14.1. The zero-order chi connectivity index (χ0) is 29.3. The van der Waals surface area contributed by atoms with Crippen LogP contribution < -0.4 is 5.73 Å². The van der Waals surface area contributed by atoms with E-state index in [4.69, 9.17) is 15.7 Å². The van der Waals surface area contributed by atoms with Gasteiger partial charge in [0.15, 0.2) is 0 Å². The standard InChI is InChI=1S/C37H38N4/c1-8-31(38)26-20-27(22-28(21-26)37(5,6)7)33-18-16-24-14-15-25-17-19-34(41-36(25)35(24)40-33)30-13-11-12-29(23(30)4)32(9-2)39-10-3/h8-22,31H,1,38H2,2-7H3/b32-9-,39-10?. The summed E-state index contributed by atoms with van der Waals surface area (Å²) in [6, 6.07) is 25.3. The maximum Gasteiger partial charge on any atom is 0.0972 e. The number of pyridine rings is 2. The Morgan fingerprint density at radius 2 is 1.51 bits per heavy atom. The van der Waals surface area contributed by atoms with E-state index >= 15 is 0 Å². The predicted molar refractivity (Wildman–Crippen MR) is 176 cm³/mol. The molecule has 0 radical (unpaired) electrons. The topological polar surface area (TPSA) is 64.2 Å². The van der Waals surface area contributed by atoms with Crippen molar-refractivity contribution in [3.63, 3.8) is 0 Å². The van der Waals surface area contributed by atoms with Gasteiger partial charge >= 0.3 is 0 Å². The minimum absolute atomic E-state index is 0.0344. The van der Waals surface area contributed by atoms with Crippen molar-refractivity contribution in [1.82, 2.24) is 9.97 Å². The summed E-state index contributed by atoms with van der Waals surface area (Å²) in [5, 5.41) is 2.11. The molecule has 0 saturated heterocycles. The Bertz CT molecular complexity index is 1840. The van der Waals surface area contributed by atoms with E-state index in [2.05, 4.69) is 112 Å². The van der Waals surface area contributed by atoms with Gasteiger partial charge in [0.1, 0.15) is 0 Å². The molecule has 5 rings (SSSR count). The predicted octanol–water partition coefficient (Wildman–Crippen LogP) is 9.36. The molecule has 1 atom stereocenters. The van der Waals surface area contributed by atoms with Gasteiger partial charge in [0.05, 0.1) is 28.1 Å². The third-order valence-electron chi connectivity index (χ3n) is 7.70. The first-order chi connectivity index (χ1) is 19.6. The lowest BCUT2D eigenvalue weighted by molar-refractivity contribution is 0.589. The van der Waals surface area contributed by atoms with E-state index in [0.29, 0.717) is 0 Å². The molecule has 41 heavy (non-hydrogen) atoms. The lowest BCUT2D eigenvalue weighted by Crippen LogP contribution is -2.14. The van der Waals surface area contributed by atoms with Crippen molar-refractivity contribution < 1.29 is 0 Å². The van der Waals surface area contributed by atoms with Gasteiger partial charge in [0.25, 0.3) is 0 Å². The molecule has 2 heterocycles. The van der Waals surface area contributed by atoms with Crippen LogP contribution in [0, 0.1) is 6.92 Å². The number of aliphatic imine (C=N–C) groups is 1. The third-order valence-corrected chi connectivity index (χ3v) is 7.70. The Labute approximate surface area is 243 Å². The molecular weight excluding hydrogens is 500 g/mol. The fraction of sp³-hybridized carbons (Fsp3) is 0.216. The molecule has 2 N–H and O–H groups in total. The van der Waals surface area contributed by atoms with Crippen molar-refractivity contribution in [3.8, 4) is 22.5 Å². The number of hydrogen-bond donors (Lipinski definition) is 1. The normalized spacial score (nSPS) is 13.3. The SMILES string of the molecule is C=CC(N)c1cc(-c2ccc3ccc4ccc(-c5cccc(/C(=C/C)N=CC)c5C)nc4c3n2)cc(C(C)(C)C)c1. The van der Waals surface area contributed by atoms with Gasteiger partial charge < -0.3 is 5.73 Å². The van der Waals surface area contributed by atoms with Crippen LogP contribution in [0.1, 0.15) is 62.9 Å². The highest BCUT2D eigenvalue weighted by Crippen LogP contribution is 2.34. The summed E-state index contributed by atoms with van der Waals surface area (Å²) in [7, 11) is 0. The minimum atomic E-state index is -0.244. The first kappa shape index (κ1) is 28.1. The minimum Gasteiger partial charge on any atom is -0.321 e. The second-order valence-corrected chi connectivity index (χ2v) is 11.5. The summed E-state index contributed by atoms with van der Waals surface area (Å²) in [5.41, 5.74) is 17.5. The van der Waals surface area contributed by atoms with Crippen LogP contribution in [-0.2, 0) is 5.41 Å². The van der Waals surface area contributed by atoms with E-state index in [1.54, 1.807) is 6.08 Å². The maximum atomic E-state index is 6.40. The largest absolute Gasteiger partial charge is 0.321 e.